The van der Waals surface area contributed by atoms with Gasteiger partial charge in [-0.05, 0) is 87.1 Å². The third-order valence-electron chi connectivity index (χ3n) is 6.72. The Balaban J connectivity index is 1.40. The van der Waals surface area contributed by atoms with E-state index >= 15 is 0 Å². The smallest absolute Gasteiger partial charge is 0.314 e. The molecule has 178 valence electrons. The lowest BCUT2D eigenvalue weighted by atomic mass is 9.80. The van der Waals surface area contributed by atoms with E-state index in [-0.39, 0.29) is 11.9 Å². The lowest BCUT2D eigenvalue weighted by molar-refractivity contribution is -0.140. The molecule has 2 aromatic rings. The van der Waals surface area contributed by atoms with Gasteiger partial charge in [-0.2, -0.15) is 0 Å². The predicted octanol–water partition coefficient (Wildman–Crippen LogP) is 7.92. The van der Waals surface area contributed by atoms with Crippen molar-refractivity contribution in [2.24, 2.45) is 11.8 Å². The summed E-state index contributed by atoms with van der Waals surface area (Å²) in [7, 11) is 0. The molecule has 0 saturated heterocycles. The summed E-state index contributed by atoms with van der Waals surface area (Å²) in [4.78, 5) is 12.6. The summed E-state index contributed by atoms with van der Waals surface area (Å²) in [5.74, 6) is 13.6. The summed E-state index contributed by atoms with van der Waals surface area (Å²) in [6, 6.07) is 15.4. The average Bonchev–Trinajstić information content (AvgIpc) is 2.87. The van der Waals surface area contributed by atoms with E-state index in [4.69, 9.17) is 4.74 Å². The maximum absolute atomic E-state index is 12.6. The van der Waals surface area contributed by atoms with Crippen molar-refractivity contribution in [3.8, 4) is 29.4 Å². The molecule has 0 N–H and O–H groups in total. The van der Waals surface area contributed by atoms with E-state index in [1.165, 1.54) is 44.9 Å². The fourth-order valence-electron chi connectivity index (χ4n) is 4.63. The molecule has 0 amide bonds. The van der Waals surface area contributed by atoms with E-state index in [0.717, 1.165) is 48.3 Å². The Morgan fingerprint density at radius 3 is 1.88 bits per heavy atom. The Labute approximate surface area is 206 Å². The minimum Gasteiger partial charge on any atom is -0.426 e. The zero-order valence-corrected chi connectivity index (χ0v) is 20.9. The Morgan fingerprint density at radius 2 is 1.29 bits per heavy atom. The van der Waals surface area contributed by atoms with Gasteiger partial charge in [0.05, 0.1) is 5.92 Å². The van der Waals surface area contributed by atoms with E-state index in [1.54, 1.807) is 0 Å². The second-order valence-electron chi connectivity index (χ2n) is 9.42. The van der Waals surface area contributed by atoms with Gasteiger partial charge < -0.3 is 4.74 Å². The zero-order valence-electron chi connectivity index (χ0n) is 20.9. The van der Waals surface area contributed by atoms with Gasteiger partial charge in [0.15, 0.2) is 0 Å². The molecule has 1 fully saturated rings. The van der Waals surface area contributed by atoms with Crippen LogP contribution in [-0.4, -0.2) is 5.97 Å². The number of esters is 1. The lowest BCUT2D eigenvalue weighted by Crippen LogP contribution is -2.25. The molecule has 0 aliphatic heterocycles. The zero-order chi connectivity index (χ0) is 24.0. The normalized spacial score (nSPS) is 17.1. The predicted molar refractivity (Wildman–Crippen MR) is 140 cm³/mol. The fraction of sp³-hybridized carbons (Fsp3) is 0.469. The summed E-state index contributed by atoms with van der Waals surface area (Å²) in [6.07, 6.45) is 13.7. The van der Waals surface area contributed by atoms with Crippen LogP contribution in [0.2, 0.25) is 0 Å². The minimum absolute atomic E-state index is 0.0423. The largest absolute Gasteiger partial charge is 0.426 e. The Bertz CT molecular complexity index is 1000. The molecule has 0 unspecified atom stereocenters. The van der Waals surface area contributed by atoms with Gasteiger partial charge in [-0.15, -0.1) is 5.92 Å². The van der Waals surface area contributed by atoms with E-state index < -0.39 is 0 Å². The van der Waals surface area contributed by atoms with Crippen molar-refractivity contribution < 1.29 is 9.53 Å². The molecule has 0 spiro atoms. The van der Waals surface area contributed by atoms with E-state index in [0.29, 0.717) is 5.75 Å². The van der Waals surface area contributed by atoms with Crippen LogP contribution in [0.4, 0.5) is 0 Å². The summed E-state index contributed by atoms with van der Waals surface area (Å²) in [5.41, 5.74) is 2.84. The first kappa shape index (κ1) is 25.6. The van der Waals surface area contributed by atoms with Crippen LogP contribution < -0.4 is 4.74 Å². The molecule has 2 nitrogen and oxygen atoms in total. The Hall–Kier alpha value is -2.97. The topological polar surface area (TPSA) is 26.3 Å². The van der Waals surface area contributed by atoms with Gasteiger partial charge in [-0.25, -0.2) is 0 Å². The van der Waals surface area contributed by atoms with E-state index in [1.807, 2.05) is 55.5 Å². The van der Waals surface area contributed by atoms with Crippen LogP contribution in [0.15, 0.2) is 48.5 Å². The molecule has 34 heavy (non-hydrogen) atoms. The third-order valence-corrected chi connectivity index (χ3v) is 6.72. The number of carbonyl (C=O) groups excluding carboxylic acids is 1. The van der Waals surface area contributed by atoms with Gasteiger partial charge >= 0.3 is 5.97 Å². The van der Waals surface area contributed by atoms with Gasteiger partial charge in [0.1, 0.15) is 5.75 Å². The van der Waals surface area contributed by atoms with Crippen LogP contribution in [0.1, 0.15) is 101 Å². The van der Waals surface area contributed by atoms with E-state index in [9.17, 15) is 4.79 Å². The second-order valence-corrected chi connectivity index (χ2v) is 9.42. The van der Waals surface area contributed by atoms with Crippen LogP contribution in [0.3, 0.4) is 0 Å². The SMILES string of the molecule is CC#Cc1ccc(C#Cc2ccc(OC(=O)C3CCC(CCCCCCCC)CC3)cc2)cc1. The second kappa shape index (κ2) is 14.3. The van der Waals surface area contributed by atoms with E-state index in [2.05, 4.69) is 30.6 Å². The highest BCUT2D eigenvalue weighted by molar-refractivity contribution is 5.75. The molecule has 1 aliphatic carbocycles. The molecule has 0 bridgehead atoms. The van der Waals surface area contributed by atoms with Gasteiger partial charge in [-0.3, -0.25) is 4.79 Å². The molecule has 3 rings (SSSR count). The quantitative estimate of drug-likeness (QED) is 0.166. The first-order valence-electron chi connectivity index (χ1n) is 13.0. The number of benzene rings is 2. The van der Waals surface area contributed by atoms with Crippen LogP contribution in [0, 0.1) is 35.5 Å². The molecule has 0 heterocycles. The number of carbonyl (C=O) groups is 1. The molecule has 2 heteroatoms. The lowest BCUT2D eigenvalue weighted by Gasteiger charge is -2.27. The summed E-state index contributed by atoms with van der Waals surface area (Å²) in [6.45, 7) is 4.09. The molecular formula is C32H38O2. The maximum Gasteiger partial charge on any atom is 0.314 e. The van der Waals surface area contributed by atoms with Gasteiger partial charge in [-0.1, -0.05) is 69.6 Å². The fourth-order valence-corrected chi connectivity index (χ4v) is 4.63. The van der Waals surface area contributed by atoms with Crippen molar-refractivity contribution in [3.05, 3.63) is 65.2 Å². The highest BCUT2D eigenvalue weighted by Gasteiger charge is 2.27. The van der Waals surface area contributed by atoms with Crippen LogP contribution in [0.5, 0.6) is 5.75 Å². The average molecular weight is 455 g/mol. The van der Waals surface area contributed by atoms with Gasteiger partial charge in [0, 0.05) is 16.7 Å². The van der Waals surface area contributed by atoms with Crippen LogP contribution in [-0.2, 0) is 4.79 Å². The molecule has 2 aromatic carbocycles. The summed E-state index contributed by atoms with van der Waals surface area (Å²) in [5, 5.41) is 0. The van der Waals surface area contributed by atoms with Gasteiger partial charge in [0.25, 0.3) is 0 Å². The maximum atomic E-state index is 12.6. The summed E-state index contributed by atoms with van der Waals surface area (Å²) < 4.78 is 5.68. The Morgan fingerprint density at radius 1 is 0.765 bits per heavy atom. The number of ether oxygens (including phenoxy) is 1. The van der Waals surface area contributed by atoms with Crippen molar-refractivity contribution >= 4 is 5.97 Å². The molecular weight excluding hydrogens is 416 g/mol. The number of hydrogen-bond acceptors (Lipinski definition) is 2. The number of rotatable bonds is 9. The first-order chi connectivity index (χ1) is 16.7. The molecule has 1 saturated carbocycles. The monoisotopic (exact) mass is 454 g/mol. The number of unbranched alkanes of at least 4 members (excludes halogenated alkanes) is 5. The van der Waals surface area contributed by atoms with Crippen molar-refractivity contribution in [1.82, 2.24) is 0 Å². The molecule has 0 atom stereocenters. The van der Waals surface area contributed by atoms with Crippen LogP contribution in [0.25, 0.3) is 0 Å². The Kier molecular flexibility index (Phi) is 10.8. The van der Waals surface area contributed by atoms with Crippen molar-refractivity contribution in [1.29, 1.82) is 0 Å². The molecule has 0 radical (unpaired) electrons. The third kappa shape index (κ3) is 8.76. The van der Waals surface area contributed by atoms with Crippen molar-refractivity contribution in [2.75, 3.05) is 0 Å². The highest BCUT2D eigenvalue weighted by Crippen LogP contribution is 2.33. The summed E-state index contributed by atoms with van der Waals surface area (Å²) >= 11 is 0. The van der Waals surface area contributed by atoms with Gasteiger partial charge in [0.2, 0.25) is 0 Å². The van der Waals surface area contributed by atoms with Crippen LogP contribution >= 0.6 is 0 Å². The molecule has 1 aliphatic rings. The van der Waals surface area contributed by atoms with Crippen molar-refractivity contribution in [3.63, 3.8) is 0 Å². The number of hydrogen-bond donors (Lipinski definition) is 0. The molecule has 0 aromatic heterocycles. The first-order valence-corrected chi connectivity index (χ1v) is 13.0. The highest BCUT2D eigenvalue weighted by atomic mass is 16.5. The van der Waals surface area contributed by atoms with Crippen molar-refractivity contribution in [2.45, 2.75) is 84.5 Å². The standard InChI is InChI=1S/C32H38O2/c1-3-5-6-7-8-9-11-27-18-22-30(23-19-27)32(33)34-31-24-20-29(21-25-31)17-16-28-14-12-26(10-4-2)13-15-28/h12-15,20-21,24-25,27,30H,3,5-9,11,18-19,22-23H2,1-2H3. The minimum atomic E-state index is -0.0767.